The predicted octanol–water partition coefficient (Wildman–Crippen LogP) is 3.06. The smallest absolute Gasteiger partial charge is 0.123 e. The van der Waals surface area contributed by atoms with Gasteiger partial charge < -0.3 is 9.84 Å². The molecule has 0 bridgehead atoms. The van der Waals surface area contributed by atoms with E-state index in [0.29, 0.717) is 0 Å². The molecule has 1 atom stereocenters. The summed E-state index contributed by atoms with van der Waals surface area (Å²) >= 11 is 1.78. The maximum atomic E-state index is 10.4. The van der Waals surface area contributed by atoms with Gasteiger partial charge in [-0.1, -0.05) is 6.07 Å². The molecule has 1 aliphatic rings. The van der Waals surface area contributed by atoms with Crippen molar-refractivity contribution in [3.8, 4) is 5.75 Å². The molecule has 2 nitrogen and oxygen atoms in total. The quantitative estimate of drug-likeness (QED) is 0.815. The summed E-state index contributed by atoms with van der Waals surface area (Å²) in [6.07, 6.45) is -0.420. The molecule has 0 saturated carbocycles. The Balaban J connectivity index is 2.59. The van der Waals surface area contributed by atoms with Gasteiger partial charge in [-0.2, -0.15) is 0 Å². The average molecular weight is 238 g/mol. The Bertz CT molecular complexity index is 413. The summed E-state index contributed by atoms with van der Waals surface area (Å²) in [6.45, 7) is 6.22. The molecule has 3 heteroatoms. The number of ether oxygens (including phenoxy) is 1. The first-order valence-electron chi connectivity index (χ1n) is 5.45. The van der Waals surface area contributed by atoms with Gasteiger partial charge in [0.05, 0.1) is 13.2 Å². The molecule has 1 aromatic carbocycles. The second-order valence-corrected chi connectivity index (χ2v) is 6.40. The van der Waals surface area contributed by atoms with Crippen molar-refractivity contribution in [3.63, 3.8) is 0 Å². The Morgan fingerprint density at radius 2 is 2.12 bits per heavy atom. The molecule has 2 rings (SSSR count). The number of thioether (sulfide) groups is 1. The first-order valence-corrected chi connectivity index (χ1v) is 6.44. The van der Waals surface area contributed by atoms with Gasteiger partial charge in [-0.3, -0.25) is 0 Å². The van der Waals surface area contributed by atoms with E-state index in [1.165, 1.54) is 0 Å². The van der Waals surface area contributed by atoms with Crippen LogP contribution in [0, 0.1) is 6.92 Å². The number of benzene rings is 1. The number of aliphatic hydroxyl groups is 1. The molecule has 0 aromatic heterocycles. The monoisotopic (exact) mass is 238 g/mol. The van der Waals surface area contributed by atoms with Crippen molar-refractivity contribution >= 4 is 11.8 Å². The summed E-state index contributed by atoms with van der Waals surface area (Å²) in [5.41, 5.74) is 3.36. The van der Waals surface area contributed by atoms with Crippen molar-refractivity contribution in [2.24, 2.45) is 0 Å². The summed E-state index contributed by atoms with van der Waals surface area (Å²) in [7, 11) is 1.68. The zero-order valence-electron chi connectivity index (χ0n) is 10.2. The Morgan fingerprint density at radius 1 is 1.44 bits per heavy atom. The maximum Gasteiger partial charge on any atom is 0.123 e. The first kappa shape index (κ1) is 11.8. The molecule has 1 aromatic rings. The number of hydrogen-bond donors (Lipinski definition) is 1. The van der Waals surface area contributed by atoms with Crippen LogP contribution in [0.25, 0.3) is 0 Å². The van der Waals surface area contributed by atoms with Gasteiger partial charge in [0.2, 0.25) is 0 Å². The second-order valence-electron chi connectivity index (χ2n) is 4.77. The molecule has 88 valence electrons. The molecule has 0 spiro atoms. The lowest BCUT2D eigenvalue weighted by molar-refractivity contribution is 0.140. The molecular weight excluding hydrogens is 220 g/mol. The highest BCUT2D eigenvalue weighted by Gasteiger charge is 2.37. The molecule has 0 saturated heterocycles. The molecule has 0 aliphatic carbocycles. The van der Waals surface area contributed by atoms with Crippen molar-refractivity contribution in [1.82, 2.24) is 0 Å². The molecule has 0 amide bonds. The summed E-state index contributed by atoms with van der Waals surface area (Å²) in [5.74, 6) is 1.80. The lowest BCUT2D eigenvalue weighted by Crippen LogP contribution is -2.30. The van der Waals surface area contributed by atoms with Crippen LogP contribution in [0.5, 0.6) is 5.75 Å². The summed E-state index contributed by atoms with van der Waals surface area (Å²) in [5, 5.41) is 10.4. The molecule has 1 N–H and O–H groups in total. The lowest BCUT2D eigenvalue weighted by atomic mass is 9.90. The van der Waals surface area contributed by atoms with Crippen LogP contribution in [-0.4, -0.2) is 17.0 Å². The third-order valence-corrected chi connectivity index (χ3v) is 4.67. The van der Waals surface area contributed by atoms with E-state index < -0.39 is 6.10 Å². The van der Waals surface area contributed by atoms with E-state index in [2.05, 4.69) is 13.8 Å². The van der Waals surface area contributed by atoms with Gasteiger partial charge in [0, 0.05) is 16.1 Å². The maximum absolute atomic E-state index is 10.4. The van der Waals surface area contributed by atoms with Crippen molar-refractivity contribution in [2.75, 3.05) is 7.11 Å². The Hall–Kier alpha value is -0.670. The summed E-state index contributed by atoms with van der Waals surface area (Å²) in [4.78, 5) is 0. The molecule has 1 aliphatic heterocycles. The highest BCUT2D eigenvalue weighted by molar-refractivity contribution is 7.99. The van der Waals surface area contributed by atoms with E-state index in [4.69, 9.17) is 4.74 Å². The highest BCUT2D eigenvalue weighted by atomic mass is 32.2. The fraction of sp³-hybridized carbons (Fsp3) is 0.538. The molecule has 0 fully saturated rings. The third-order valence-electron chi connectivity index (χ3n) is 3.27. The fourth-order valence-electron chi connectivity index (χ4n) is 2.17. The number of hydrogen-bond acceptors (Lipinski definition) is 3. The van der Waals surface area contributed by atoms with Crippen LogP contribution >= 0.6 is 11.8 Å². The second kappa shape index (κ2) is 3.97. The third kappa shape index (κ3) is 1.72. The summed E-state index contributed by atoms with van der Waals surface area (Å²) < 4.78 is 5.24. The normalized spacial score (nSPS) is 22.7. The zero-order chi connectivity index (χ0) is 11.9. The van der Waals surface area contributed by atoms with Crippen LogP contribution in [0.15, 0.2) is 12.1 Å². The number of methoxy groups -OCH3 is 1. The number of rotatable bonds is 1. The van der Waals surface area contributed by atoms with Crippen LogP contribution in [-0.2, 0) is 5.75 Å². The Morgan fingerprint density at radius 3 is 2.75 bits per heavy atom. The van der Waals surface area contributed by atoms with Crippen molar-refractivity contribution < 1.29 is 9.84 Å². The van der Waals surface area contributed by atoms with Crippen molar-refractivity contribution in [2.45, 2.75) is 37.4 Å². The zero-order valence-corrected chi connectivity index (χ0v) is 11.0. The van der Waals surface area contributed by atoms with E-state index in [0.717, 1.165) is 28.2 Å². The van der Waals surface area contributed by atoms with Gasteiger partial charge in [0.25, 0.3) is 0 Å². The largest absolute Gasteiger partial charge is 0.496 e. The van der Waals surface area contributed by atoms with Gasteiger partial charge in [-0.15, -0.1) is 11.8 Å². The van der Waals surface area contributed by atoms with Crippen LogP contribution in [0.4, 0.5) is 0 Å². The lowest BCUT2D eigenvalue weighted by Gasteiger charge is -2.37. The molecular formula is C13H18O2S. The van der Waals surface area contributed by atoms with Crippen LogP contribution in [0.1, 0.15) is 36.6 Å². The van der Waals surface area contributed by atoms with Gasteiger partial charge >= 0.3 is 0 Å². The van der Waals surface area contributed by atoms with E-state index >= 15 is 0 Å². The van der Waals surface area contributed by atoms with Crippen molar-refractivity contribution in [3.05, 3.63) is 28.8 Å². The number of aliphatic hydroxyl groups excluding tert-OH is 1. The Labute approximate surface area is 101 Å². The number of fused-ring (bicyclic) bond motifs is 1. The first-order chi connectivity index (χ1) is 7.47. The van der Waals surface area contributed by atoms with Crippen LogP contribution in [0.3, 0.4) is 0 Å². The molecule has 16 heavy (non-hydrogen) atoms. The fourth-order valence-corrected chi connectivity index (χ4v) is 3.26. The summed E-state index contributed by atoms with van der Waals surface area (Å²) in [6, 6.07) is 4.01. The van der Waals surface area contributed by atoms with Gasteiger partial charge in [-0.25, -0.2) is 0 Å². The van der Waals surface area contributed by atoms with Gasteiger partial charge in [-0.05, 0) is 38.0 Å². The van der Waals surface area contributed by atoms with E-state index in [-0.39, 0.29) is 4.75 Å². The number of aryl methyl sites for hydroxylation is 1. The minimum Gasteiger partial charge on any atom is -0.496 e. The van der Waals surface area contributed by atoms with E-state index in [1.807, 2.05) is 19.1 Å². The molecule has 0 radical (unpaired) electrons. The van der Waals surface area contributed by atoms with Crippen LogP contribution < -0.4 is 4.74 Å². The standard InChI is InChI=1S/C13H18O2S/c1-8-5-6-10(15-4)9-7-16-13(2,3)12(14)11(8)9/h5-6,12,14H,7H2,1-4H3. The van der Waals surface area contributed by atoms with Gasteiger partial charge in [0.15, 0.2) is 0 Å². The topological polar surface area (TPSA) is 29.5 Å². The minimum atomic E-state index is -0.420. The van der Waals surface area contributed by atoms with Crippen molar-refractivity contribution in [1.29, 1.82) is 0 Å². The highest BCUT2D eigenvalue weighted by Crippen LogP contribution is 2.48. The molecule has 1 heterocycles. The predicted molar refractivity (Wildman–Crippen MR) is 68.1 cm³/mol. The van der Waals surface area contributed by atoms with E-state index in [1.54, 1.807) is 18.9 Å². The van der Waals surface area contributed by atoms with E-state index in [9.17, 15) is 5.11 Å². The average Bonchev–Trinajstić information content (AvgIpc) is 2.24. The van der Waals surface area contributed by atoms with Crippen LogP contribution in [0.2, 0.25) is 0 Å². The Kier molecular flexibility index (Phi) is 2.93. The van der Waals surface area contributed by atoms with Gasteiger partial charge in [0.1, 0.15) is 5.75 Å². The SMILES string of the molecule is COc1ccc(C)c2c1CSC(C)(C)C2O. The molecule has 1 unspecified atom stereocenters. The minimum absolute atomic E-state index is 0.121.